The fraction of sp³-hybridized carbons (Fsp3) is 0.125. The average molecular weight is 383 g/mol. The molecule has 0 radical (unpaired) electrons. The van der Waals surface area contributed by atoms with E-state index in [4.69, 9.17) is 21.4 Å². The zero-order chi connectivity index (χ0) is 16.1. The highest BCUT2D eigenvalue weighted by atomic mass is 79.9. The van der Waals surface area contributed by atoms with Crippen LogP contribution in [0.5, 0.6) is 5.75 Å². The molecule has 4 nitrogen and oxygen atoms in total. The smallest absolute Gasteiger partial charge is 0.341 e. The van der Waals surface area contributed by atoms with Crippen LogP contribution >= 0.6 is 27.5 Å². The van der Waals surface area contributed by atoms with Crippen LogP contribution in [-0.2, 0) is 4.79 Å². The van der Waals surface area contributed by atoms with Crippen LogP contribution in [-0.4, -0.2) is 23.9 Å². The van der Waals surface area contributed by atoms with Gasteiger partial charge in [-0.15, -0.1) is 0 Å². The number of carboxylic acid groups (broad SMARTS) is 1. The largest absolute Gasteiger partial charge is 0.480 e. The minimum atomic E-state index is -1.05. The summed E-state index contributed by atoms with van der Waals surface area (Å²) in [7, 11) is 0. The van der Waals surface area contributed by atoms with Crippen molar-refractivity contribution >= 4 is 45.4 Å². The Hall–Kier alpha value is -1.85. The second kappa shape index (κ2) is 7.42. The van der Waals surface area contributed by atoms with Gasteiger partial charge < -0.3 is 9.84 Å². The third kappa shape index (κ3) is 4.58. The van der Waals surface area contributed by atoms with Gasteiger partial charge in [0.25, 0.3) is 0 Å². The molecule has 0 spiro atoms. The summed E-state index contributed by atoms with van der Waals surface area (Å²) in [6.07, 6.45) is 1.68. The van der Waals surface area contributed by atoms with Crippen molar-refractivity contribution in [1.29, 1.82) is 0 Å². The summed E-state index contributed by atoms with van der Waals surface area (Å²) in [5, 5.41) is 8.92. The number of rotatable bonds is 5. The number of halogens is 2. The van der Waals surface area contributed by atoms with Gasteiger partial charge in [-0.2, -0.15) is 0 Å². The van der Waals surface area contributed by atoms with E-state index >= 15 is 0 Å². The molecule has 0 bridgehead atoms. The molecule has 0 aliphatic carbocycles. The lowest BCUT2D eigenvalue weighted by Gasteiger charge is -2.06. The summed E-state index contributed by atoms with van der Waals surface area (Å²) in [5.74, 6) is -0.719. The number of hydrogen-bond acceptors (Lipinski definition) is 3. The fourth-order valence-electron chi connectivity index (χ4n) is 1.71. The molecule has 0 heterocycles. The average Bonchev–Trinajstić information content (AvgIpc) is 2.45. The Kier molecular flexibility index (Phi) is 5.57. The molecule has 0 fully saturated rings. The lowest BCUT2D eigenvalue weighted by atomic mass is 10.2. The highest BCUT2D eigenvalue weighted by Gasteiger charge is 2.05. The second-order valence-electron chi connectivity index (χ2n) is 4.59. The van der Waals surface area contributed by atoms with E-state index in [0.29, 0.717) is 10.8 Å². The molecule has 0 aromatic heterocycles. The van der Waals surface area contributed by atoms with Crippen LogP contribution in [0.4, 0.5) is 5.69 Å². The molecule has 1 N–H and O–H groups in total. The first-order valence-corrected chi connectivity index (χ1v) is 7.57. The van der Waals surface area contributed by atoms with Gasteiger partial charge in [0.15, 0.2) is 6.61 Å². The first kappa shape index (κ1) is 16.5. The van der Waals surface area contributed by atoms with Crippen LogP contribution in [0, 0.1) is 6.92 Å². The quantitative estimate of drug-likeness (QED) is 0.767. The van der Waals surface area contributed by atoms with Crippen LogP contribution in [0.15, 0.2) is 45.9 Å². The summed E-state index contributed by atoms with van der Waals surface area (Å²) in [4.78, 5) is 14.9. The number of aryl methyl sites for hydroxylation is 1. The summed E-state index contributed by atoms with van der Waals surface area (Å²) in [6.45, 7) is 1.58. The van der Waals surface area contributed by atoms with Gasteiger partial charge in [0.2, 0.25) is 0 Å². The SMILES string of the molecule is Cc1ccc(N=Cc2ccc(OCC(=O)O)c(Cl)c2)c(Br)c1. The van der Waals surface area contributed by atoms with Gasteiger partial charge in [0, 0.05) is 10.7 Å². The predicted molar refractivity (Wildman–Crippen MR) is 90.7 cm³/mol. The third-order valence-electron chi connectivity index (χ3n) is 2.76. The molecule has 0 amide bonds. The molecule has 2 aromatic carbocycles. The Labute approximate surface area is 141 Å². The Morgan fingerprint density at radius 3 is 2.77 bits per heavy atom. The van der Waals surface area contributed by atoms with E-state index in [9.17, 15) is 4.79 Å². The molecular formula is C16H13BrClNO3. The van der Waals surface area contributed by atoms with Crippen molar-refractivity contribution in [2.45, 2.75) is 6.92 Å². The van der Waals surface area contributed by atoms with Crippen LogP contribution in [0.25, 0.3) is 0 Å². The van der Waals surface area contributed by atoms with Crippen LogP contribution in [0.1, 0.15) is 11.1 Å². The number of aliphatic carboxylic acids is 1. The Bertz CT molecular complexity index is 731. The number of ether oxygens (including phenoxy) is 1. The third-order valence-corrected chi connectivity index (χ3v) is 3.69. The zero-order valence-electron chi connectivity index (χ0n) is 11.7. The lowest BCUT2D eigenvalue weighted by molar-refractivity contribution is -0.139. The Morgan fingerprint density at radius 1 is 1.36 bits per heavy atom. The van der Waals surface area contributed by atoms with Gasteiger partial charge in [-0.3, -0.25) is 4.99 Å². The molecular weight excluding hydrogens is 370 g/mol. The van der Waals surface area contributed by atoms with Crippen LogP contribution < -0.4 is 4.74 Å². The van der Waals surface area contributed by atoms with Crippen LogP contribution in [0.3, 0.4) is 0 Å². The van der Waals surface area contributed by atoms with Gasteiger partial charge in [-0.05, 0) is 64.3 Å². The molecule has 2 aromatic rings. The van der Waals surface area contributed by atoms with E-state index < -0.39 is 12.6 Å². The standard InChI is InChI=1S/C16H13BrClNO3/c1-10-2-4-14(12(17)6-10)19-8-11-3-5-15(13(18)7-11)22-9-16(20)21/h2-8H,9H2,1H3,(H,20,21). The highest BCUT2D eigenvalue weighted by Crippen LogP contribution is 2.27. The number of aliphatic imine (C=N–C) groups is 1. The molecule has 6 heteroatoms. The van der Waals surface area contributed by atoms with E-state index in [-0.39, 0.29) is 0 Å². The monoisotopic (exact) mass is 381 g/mol. The summed E-state index contributed by atoms with van der Waals surface area (Å²) in [6, 6.07) is 10.9. The van der Waals surface area contributed by atoms with E-state index in [1.165, 1.54) is 0 Å². The Morgan fingerprint density at radius 2 is 2.14 bits per heavy atom. The second-order valence-corrected chi connectivity index (χ2v) is 5.85. The topological polar surface area (TPSA) is 58.9 Å². The minimum absolute atomic E-state index is 0.331. The molecule has 22 heavy (non-hydrogen) atoms. The maximum Gasteiger partial charge on any atom is 0.341 e. The van der Waals surface area contributed by atoms with Crippen molar-refractivity contribution < 1.29 is 14.6 Å². The first-order chi connectivity index (χ1) is 10.5. The number of benzene rings is 2. The van der Waals surface area contributed by atoms with E-state index in [1.54, 1.807) is 24.4 Å². The number of carboxylic acids is 1. The van der Waals surface area contributed by atoms with Crippen LogP contribution in [0.2, 0.25) is 5.02 Å². The van der Waals surface area contributed by atoms with Gasteiger partial charge in [0.1, 0.15) is 5.75 Å². The fourth-order valence-corrected chi connectivity index (χ4v) is 2.55. The van der Waals surface area contributed by atoms with Crippen molar-refractivity contribution in [3.63, 3.8) is 0 Å². The zero-order valence-corrected chi connectivity index (χ0v) is 14.1. The molecule has 2 rings (SSSR count). The predicted octanol–water partition coefficient (Wildman–Crippen LogP) is 4.62. The minimum Gasteiger partial charge on any atom is -0.480 e. The number of hydrogen-bond donors (Lipinski definition) is 1. The highest BCUT2D eigenvalue weighted by molar-refractivity contribution is 9.10. The van der Waals surface area contributed by atoms with Crippen molar-refractivity contribution in [3.05, 3.63) is 57.0 Å². The van der Waals surface area contributed by atoms with Crippen molar-refractivity contribution in [1.82, 2.24) is 0 Å². The number of carbonyl (C=O) groups is 1. The van der Waals surface area contributed by atoms with E-state index in [1.807, 2.05) is 25.1 Å². The van der Waals surface area contributed by atoms with Gasteiger partial charge in [0.05, 0.1) is 10.7 Å². The molecule has 0 saturated carbocycles. The lowest BCUT2D eigenvalue weighted by Crippen LogP contribution is -2.09. The maximum atomic E-state index is 10.5. The van der Waals surface area contributed by atoms with E-state index in [2.05, 4.69) is 20.9 Å². The maximum absolute atomic E-state index is 10.5. The normalized spacial score (nSPS) is 10.9. The van der Waals surface area contributed by atoms with Gasteiger partial charge in [-0.1, -0.05) is 17.7 Å². The molecule has 0 atom stereocenters. The molecule has 0 saturated heterocycles. The number of nitrogens with zero attached hydrogens (tertiary/aromatic N) is 1. The molecule has 0 aliphatic rings. The van der Waals surface area contributed by atoms with Crippen molar-refractivity contribution in [2.75, 3.05) is 6.61 Å². The summed E-state index contributed by atoms with van der Waals surface area (Å²) < 4.78 is 5.98. The van der Waals surface area contributed by atoms with Crippen molar-refractivity contribution in [2.24, 2.45) is 4.99 Å². The first-order valence-electron chi connectivity index (χ1n) is 6.40. The molecule has 114 valence electrons. The molecule has 0 unspecified atom stereocenters. The van der Waals surface area contributed by atoms with Gasteiger partial charge >= 0.3 is 5.97 Å². The molecule has 0 aliphatic heterocycles. The van der Waals surface area contributed by atoms with E-state index in [0.717, 1.165) is 21.3 Å². The summed E-state index contributed by atoms with van der Waals surface area (Å²) >= 11 is 9.52. The summed E-state index contributed by atoms with van der Waals surface area (Å²) in [5.41, 5.74) is 2.75. The Balaban J connectivity index is 2.14. The van der Waals surface area contributed by atoms with Gasteiger partial charge in [-0.25, -0.2) is 4.79 Å². The van der Waals surface area contributed by atoms with Crippen molar-refractivity contribution in [3.8, 4) is 5.75 Å².